The molecule has 5 heteroatoms. The maximum atomic E-state index is 11.1. The van der Waals surface area contributed by atoms with Gasteiger partial charge in [0.1, 0.15) is 0 Å². The summed E-state index contributed by atoms with van der Waals surface area (Å²) in [5.41, 5.74) is 5.29. The minimum atomic E-state index is -0.309. The van der Waals surface area contributed by atoms with E-state index in [1.807, 2.05) is 13.8 Å². The van der Waals surface area contributed by atoms with Gasteiger partial charge in [-0.15, -0.1) is 0 Å². The Bertz CT molecular complexity index is 255. The summed E-state index contributed by atoms with van der Waals surface area (Å²) in [7, 11) is 0. The first-order valence-corrected chi connectivity index (χ1v) is 6.67. The van der Waals surface area contributed by atoms with Gasteiger partial charge in [-0.2, -0.15) is 0 Å². The molecule has 0 rings (SSSR count). The third kappa shape index (κ3) is 8.06. The highest BCUT2D eigenvalue weighted by atomic mass is 16.5. The molecule has 0 radical (unpaired) electrons. The molecular weight excluding hydrogens is 232 g/mol. The van der Waals surface area contributed by atoms with Crippen molar-refractivity contribution in [2.45, 2.75) is 52.5 Å². The van der Waals surface area contributed by atoms with Crippen LogP contribution in [-0.4, -0.2) is 31.1 Å². The normalized spacial score (nSPS) is 12.4. The summed E-state index contributed by atoms with van der Waals surface area (Å²) < 4.78 is 4.83. The molecule has 18 heavy (non-hydrogen) atoms. The number of carbonyl (C=O) groups is 2. The zero-order valence-electron chi connectivity index (χ0n) is 11.7. The van der Waals surface area contributed by atoms with Crippen LogP contribution in [0.2, 0.25) is 0 Å². The number of nitrogens with one attached hydrogen (secondary N) is 1. The van der Waals surface area contributed by atoms with Crippen LogP contribution in [0.25, 0.3) is 0 Å². The molecule has 0 aliphatic carbocycles. The highest BCUT2D eigenvalue weighted by Crippen LogP contribution is 2.03. The highest BCUT2D eigenvalue weighted by Gasteiger charge is 2.17. The summed E-state index contributed by atoms with van der Waals surface area (Å²) in [5.74, 6) is -0.249. The Morgan fingerprint density at radius 1 is 1.22 bits per heavy atom. The van der Waals surface area contributed by atoms with Crippen LogP contribution in [0.3, 0.4) is 0 Å². The zero-order valence-corrected chi connectivity index (χ0v) is 11.7. The Morgan fingerprint density at radius 2 is 1.89 bits per heavy atom. The van der Waals surface area contributed by atoms with E-state index >= 15 is 0 Å². The summed E-state index contributed by atoms with van der Waals surface area (Å²) in [4.78, 5) is 22.2. The van der Waals surface area contributed by atoms with Crippen molar-refractivity contribution in [2.75, 3.05) is 13.2 Å². The largest absolute Gasteiger partial charge is 0.466 e. The van der Waals surface area contributed by atoms with E-state index in [0.29, 0.717) is 13.0 Å². The van der Waals surface area contributed by atoms with E-state index in [4.69, 9.17) is 10.5 Å². The average Bonchev–Trinajstić information content (AvgIpc) is 2.27. The molecule has 1 unspecified atom stereocenters. The van der Waals surface area contributed by atoms with Crippen molar-refractivity contribution >= 4 is 11.9 Å². The molecule has 0 spiro atoms. The SMILES string of the molecule is CCOC(=O)CCCCCNC(C(N)=O)C(C)C. The topological polar surface area (TPSA) is 81.4 Å². The fourth-order valence-corrected chi connectivity index (χ4v) is 1.73. The van der Waals surface area contributed by atoms with Gasteiger partial charge in [0.05, 0.1) is 12.6 Å². The van der Waals surface area contributed by atoms with Gasteiger partial charge >= 0.3 is 5.97 Å². The van der Waals surface area contributed by atoms with Crippen molar-refractivity contribution in [1.29, 1.82) is 0 Å². The highest BCUT2D eigenvalue weighted by molar-refractivity contribution is 5.80. The molecule has 0 saturated carbocycles. The van der Waals surface area contributed by atoms with Crippen LogP contribution in [0.15, 0.2) is 0 Å². The maximum absolute atomic E-state index is 11.1. The predicted molar refractivity (Wildman–Crippen MR) is 70.9 cm³/mol. The van der Waals surface area contributed by atoms with Gasteiger partial charge in [0.2, 0.25) is 5.91 Å². The Balaban J connectivity index is 3.55. The van der Waals surface area contributed by atoms with Crippen LogP contribution in [-0.2, 0) is 14.3 Å². The molecule has 1 atom stereocenters. The van der Waals surface area contributed by atoms with Crippen molar-refractivity contribution in [3.8, 4) is 0 Å². The lowest BCUT2D eigenvalue weighted by Gasteiger charge is -2.18. The minimum Gasteiger partial charge on any atom is -0.466 e. The number of rotatable bonds is 10. The lowest BCUT2D eigenvalue weighted by atomic mass is 10.0. The molecule has 0 aliphatic heterocycles. The standard InChI is InChI=1S/C13H26N2O3/c1-4-18-11(16)8-6-5-7-9-15-12(10(2)3)13(14)17/h10,12,15H,4-9H2,1-3H3,(H2,14,17). The first kappa shape index (κ1) is 16.9. The number of nitrogens with two attached hydrogens (primary N) is 1. The van der Waals surface area contributed by atoms with Crippen LogP contribution >= 0.6 is 0 Å². The molecule has 1 amide bonds. The number of carbonyl (C=O) groups excluding carboxylic acids is 2. The van der Waals surface area contributed by atoms with Crippen molar-refractivity contribution in [3.63, 3.8) is 0 Å². The summed E-state index contributed by atoms with van der Waals surface area (Å²) in [5, 5.41) is 3.14. The van der Waals surface area contributed by atoms with Gasteiger partial charge in [-0.25, -0.2) is 0 Å². The lowest BCUT2D eigenvalue weighted by Crippen LogP contribution is -2.45. The van der Waals surface area contributed by atoms with Gasteiger partial charge in [-0.3, -0.25) is 9.59 Å². The molecule has 0 bridgehead atoms. The van der Waals surface area contributed by atoms with Crippen LogP contribution in [0.1, 0.15) is 46.5 Å². The summed E-state index contributed by atoms with van der Waals surface area (Å²) in [6, 6.07) is -0.268. The van der Waals surface area contributed by atoms with Crippen LogP contribution < -0.4 is 11.1 Å². The van der Waals surface area contributed by atoms with Crippen LogP contribution in [0.5, 0.6) is 0 Å². The van der Waals surface area contributed by atoms with Crippen LogP contribution in [0, 0.1) is 5.92 Å². The van der Waals surface area contributed by atoms with Gasteiger partial charge in [0.25, 0.3) is 0 Å². The first-order valence-electron chi connectivity index (χ1n) is 6.67. The van der Waals surface area contributed by atoms with E-state index in [2.05, 4.69) is 5.32 Å². The van der Waals surface area contributed by atoms with Crippen LogP contribution in [0.4, 0.5) is 0 Å². The Hall–Kier alpha value is -1.10. The monoisotopic (exact) mass is 258 g/mol. The molecule has 0 saturated heterocycles. The Labute approximate surface area is 109 Å². The molecule has 3 N–H and O–H groups in total. The van der Waals surface area contributed by atoms with Crippen molar-refractivity contribution < 1.29 is 14.3 Å². The second-order valence-electron chi connectivity index (χ2n) is 4.69. The maximum Gasteiger partial charge on any atom is 0.305 e. The predicted octanol–water partition coefficient (Wildman–Crippen LogP) is 1.21. The summed E-state index contributed by atoms with van der Waals surface area (Å²) >= 11 is 0. The second kappa shape index (κ2) is 9.88. The number of hydrogen-bond donors (Lipinski definition) is 2. The van der Waals surface area contributed by atoms with Gasteiger partial charge in [0, 0.05) is 6.42 Å². The Kier molecular flexibility index (Phi) is 9.28. The molecule has 0 aliphatic rings. The number of hydrogen-bond acceptors (Lipinski definition) is 4. The van der Waals surface area contributed by atoms with Gasteiger partial charge in [-0.1, -0.05) is 20.3 Å². The fraction of sp³-hybridized carbons (Fsp3) is 0.846. The lowest BCUT2D eigenvalue weighted by molar-refractivity contribution is -0.143. The minimum absolute atomic E-state index is 0.136. The molecule has 106 valence electrons. The van der Waals surface area contributed by atoms with Gasteiger partial charge < -0.3 is 15.8 Å². The number of amides is 1. The molecule has 0 aromatic heterocycles. The van der Waals surface area contributed by atoms with E-state index in [0.717, 1.165) is 25.8 Å². The zero-order chi connectivity index (χ0) is 14.0. The number of primary amides is 1. The Morgan fingerprint density at radius 3 is 2.39 bits per heavy atom. The summed E-state index contributed by atoms with van der Waals surface area (Å²) in [6.45, 7) is 6.91. The third-order valence-electron chi connectivity index (χ3n) is 2.70. The molecule has 5 nitrogen and oxygen atoms in total. The molecule has 0 heterocycles. The van der Waals surface area contributed by atoms with Crippen molar-refractivity contribution in [1.82, 2.24) is 5.32 Å². The third-order valence-corrected chi connectivity index (χ3v) is 2.70. The molecule has 0 fully saturated rings. The number of esters is 1. The fourth-order valence-electron chi connectivity index (χ4n) is 1.73. The molecule has 0 aromatic rings. The average molecular weight is 258 g/mol. The van der Waals surface area contributed by atoms with E-state index < -0.39 is 0 Å². The van der Waals surface area contributed by atoms with E-state index in [-0.39, 0.29) is 23.8 Å². The van der Waals surface area contributed by atoms with E-state index in [1.165, 1.54) is 0 Å². The van der Waals surface area contributed by atoms with E-state index in [1.54, 1.807) is 6.92 Å². The second-order valence-corrected chi connectivity index (χ2v) is 4.69. The quantitative estimate of drug-likeness (QED) is 0.456. The smallest absolute Gasteiger partial charge is 0.305 e. The van der Waals surface area contributed by atoms with Gasteiger partial charge in [-0.05, 0) is 32.2 Å². The molecular formula is C13H26N2O3. The number of unbranched alkanes of at least 4 members (excludes halogenated alkanes) is 2. The first-order chi connectivity index (χ1) is 8.49. The summed E-state index contributed by atoms with van der Waals surface area (Å²) in [6.07, 6.45) is 3.16. The van der Waals surface area contributed by atoms with Crippen molar-refractivity contribution in [3.05, 3.63) is 0 Å². The molecule has 0 aromatic carbocycles. The van der Waals surface area contributed by atoms with E-state index in [9.17, 15) is 9.59 Å². The number of ether oxygens (including phenoxy) is 1. The van der Waals surface area contributed by atoms with Gasteiger partial charge in [0.15, 0.2) is 0 Å². The van der Waals surface area contributed by atoms with Crippen molar-refractivity contribution in [2.24, 2.45) is 11.7 Å².